The maximum atomic E-state index is 2.43. The van der Waals surface area contributed by atoms with E-state index in [2.05, 4.69) is 158 Å². The molecule has 0 amide bonds. The molecule has 0 heteroatoms. The van der Waals surface area contributed by atoms with Crippen molar-refractivity contribution in [1.29, 1.82) is 0 Å². The topological polar surface area (TPSA) is 0 Å². The van der Waals surface area contributed by atoms with E-state index in [-0.39, 0.29) is 0 Å². The van der Waals surface area contributed by atoms with E-state index in [9.17, 15) is 0 Å². The van der Waals surface area contributed by atoms with Gasteiger partial charge in [0.1, 0.15) is 0 Å². The van der Waals surface area contributed by atoms with Crippen molar-refractivity contribution < 1.29 is 0 Å². The van der Waals surface area contributed by atoms with Crippen LogP contribution in [0.5, 0.6) is 0 Å². The second-order valence-corrected chi connectivity index (χ2v) is 11.3. The average molecular weight is 535 g/mol. The van der Waals surface area contributed by atoms with E-state index in [1.807, 2.05) is 0 Å². The van der Waals surface area contributed by atoms with Gasteiger partial charge in [0, 0.05) is 0 Å². The Bertz CT molecular complexity index is 2060. The minimum absolute atomic E-state index is 1.09. The number of fused-ring (bicyclic) bond motifs is 6. The highest BCUT2D eigenvalue weighted by Gasteiger charge is 2.16. The van der Waals surface area contributed by atoms with Crippen LogP contribution in [-0.4, -0.2) is 0 Å². The quantitative estimate of drug-likeness (QED) is 0.197. The highest BCUT2D eigenvalue weighted by molar-refractivity contribution is 6.13. The standard InChI is InChI=1S/C42H30/c1-3-12-29(13-4-1)34-25-35(30-14-5-2-6-15-30)27-36(26-34)32-17-11-16-31(24-32)33-22-23-41-39-20-8-7-18-37(39)38-19-9-10-21-40(38)42(41)28-33/h1-9,11-20,22-28H,10,21H2. The Balaban J connectivity index is 1.28. The van der Waals surface area contributed by atoms with Crippen molar-refractivity contribution in [3.8, 4) is 44.5 Å². The smallest absolute Gasteiger partial charge is 0.00992 e. The molecule has 0 fully saturated rings. The van der Waals surface area contributed by atoms with Crippen LogP contribution in [0.2, 0.25) is 0 Å². The second kappa shape index (κ2) is 10.3. The summed E-state index contributed by atoms with van der Waals surface area (Å²) in [6, 6.07) is 53.3. The summed E-state index contributed by atoms with van der Waals surface area (Å²) >= 11 is 0. The first-order valence-corrected chi connectivity index (χ1v) is 14.8. The zero-order chi connectivity index (χ0) is 27.9. The van der Waals surface area contributed by atoms with Gasteiger partial charge in [0.05, 0.1) is 0 Å². The van der Waals surface area contributed by atoms with Gasteiger partial charge < -0.3 is 0 Å². The summed E-state index contributed by atoms with van der Waals surface area (Å²) in [4.78, 5) is 0. The number of benzene rings is 7. The van der Waals surface area contributed by atoms with Gasteiger partial charge in [0.2, 0.25) is 0 Å². The Morgan fingerprint density at radius 1 is 0.333 bits per heavy atom. The first-order chi connectivity index (χ1) is 20.8. The van der Waals surface area contributed by atoms with Gasteiger partial charge in [0.25, 0.3) is 0 Å². The Hall–Kier alpha value is -5.20. The highest BCUT2D eigenvalue weighted by atomic mass is 14.2. The third-order valence-electron chi connectivity index (χ3n) is 8.70. The molecular weight excluding hydrogens is 504 g/mol. The van der Waals surface area contributed by atoms with E-state index in [0.29, 0.717) is 0 Å². The maximum absolute atomic E-state index is 2.43. The molecule has 0 N–H and O–H groups in total. The molecule has 1 aliphatic rings. The van der Waals surface area contributed by atoms with Crippen LogP contribution in [0.4, 0.5) is 0 Å². The van der Waals surface area contributed by atoms with Crippen molar-refractivity contribution in [2.24, 2.45) is 0 Å². The van der Waals surface area contributed by atoms with Crippen molar-refractivity contribution in [3.63, 3.8) is 0 Å². The number of rotatable bonds is 4. The molecule has 0 saturated carbocycles. The van der Waals surface area contributed by atoms with Crippen LogP contribution in [-0.2, 0) is 6.42 Å². The maximum Gasteiger partial charge on any atom is -0.00992 e. The molecule has 0 saturated heterocycles. The fourth-order valence-corrected chi connectivity index (χ4v) is 6.62. The van der Waals surface area contributed by atoms with E-state index < -0.39 is 0 Å². The normalized spacial score (nSPS) is 12.5. The molecule has 1 aliphatic carbocycles. The summed E-state index contributed by atoms with van der Waals surface area (Å²) in [7, 11) is 0. The van der Waals surface area contributed by atoms with Gasteiger partial charge in [0.15, 0.2) is 0 Å². The van der Waals surface area contributed by atoms with Crippen LogP contribution in [0.15, 0.2) is 152 Å². The molecular formula is C42H30. The molecule has 42 heavy (non-hydrogen) atoms. The van der Waals surface area contributed by atoms with Crippen LogP contribution in [0, 0.1) is 0 Å². The van der Waals surface area contributed by atoms with Crippen molar-refractivity contribution >= 4 is 27.6 Å². The van der Waals surface area contributed by atoms with Gasteiger partial charge in [-0.25, -0.2) is 0 Å². The van der Waals surface area contributed by atoms with Crippen LogP contribution in [0.25, 0.3) is 72.1 Å². The van der Waals surface area contributed by atoms with E-state index in [1.54, 1.807) is 0 Å². The lowest BCUT2D eigenvalue weighted by molar-refractivity contribution is 1.00. The monoisotopic (exact) mass is 534 g/mol. The van der Waals surface area contributed by atoms with Crippen molar-refractivity contribution in [3.05, 3.63) is 163 Å². The second-order valence-electron chi connectivity index (χ2n) is 11.3. The average Bonchev–Trinajstić information content (AvgIpc) is 3.09. The Labute approximate surface area is 247 Å². The van der Waals surface area contributed by atoms with Gasteiger partial charge in [-0.1, -0.05) is 127 Å². The third kappa shape index (κ3) is 4.33. The van der Waals surface area contributed by atoms with E-state index in [1.165, 1.54) is 77.2 Å². The first-order valence-electron chi connectivity index (χ1n) is 14.8. The fourth-order valence-electron chi connectivity index (χ4n) is 6.62. The highest BCUT2D eigenvalue weighted by Crippen LogP contribution is 2.39. The molecule has 7 aromatic carbocycles. The van der Waals surface area contributed by atoms with Gasteiger partial charge in [-0.3, -0.25) is 0 Å². The molecule has 0 nitrogen and oxygen atoms in total. The summed E-state index contributed by atoms with van der Waals surface area (Å²) in [5.74, 6) is 0. The Kier molecular flexibility index (Phi) is 6.04. The van der Waals surface area contributed by atoms with Gasteiger partial charge >= 0.3 is 0 Å². The summed E-state index contributed by atoms with van der Waals surface area (Å²) < 4.78 is 0. The largest absolute Gasteiger partial charge is 0.0836 e. The molecule has 0 aliphatic heterocycles. The first kappa shape index (κ1) is 24.6. The predicted molar refractivity (Wildman–Crippen MR) is 181 cm³/mol. The van der Waals surface area contributed by atoms with E-state index >= 15 is 0 Å². The molecule has 7 aromatic rings. The zero-order valence-electron chi connectivity index (χ0n) is 23.4. The molecule has 0 unspecified atom stereocenters. The van der Waals surface area contributed by atoms with Crippen LogP contribution < -0.4 is 0 Å². The summed E-state index contributed by atoms with van der Waals surface area (Å²) in [5, 5.41) is 5.43. The lowest BCUT2D eigenvalue weighted by Gasteiger charge is -2.19. The SMILES string of the molecule is C1=Cc2c(c3cc(-c4cccc(-c5cc(-c6ccccc6)cc(-c6ccccc6)c5)c4)ccc3c3ccccc23)CC1. The Morgan fingerprint density at radius 3 is 1.52 bits per heavy atom. The van der Waals surface area contributed by atoms with Gasteiger partial charge in [-0.05, 0) is 120 Å². The minimum atomic E-state index is 1.09. The predicted octanol–water partition coefficient (Wildman–Crippen LogP) is 11.6. The number of hydrogen-bond donors (Lipinski definition) is 0. The van der Waals surface area contributed by atoms with Crippen LogP contribution >= 0.6 is 0 Å². The van der Waals surface area contributed by atoms with Crippen LogP contribution in [0.1, 0.15) is 17.5 Å². The molecule has 0 radical (unpaired) electrons. The summed E-state index contributed by atoms with van der Waals surface area (Å²) in [6.45, 7) is 0. The molecule has 0 aromatic heterocycles. The molecule has 8 rings (SSSR count). The third-order valence-corrected chi connectivity index (χ3v) is 8.70. The van der Waals surface area contributed by atoms with Crippen molar-refractivity contribution in [2.75, 3.05) is 0 Å². The van der Waals surface area contributed by atoms with Gasteiger partial charge in [-0.15, -0.1) is 0 Å². The molecule has 0 heterocycles. The molecule has 198 valence electrons. The molecule has 0 bridgehead atoms. The lowest BCUT2D eigenvalue weighted by Crippen LogP contribution is -1.98. The zero-order valence-corrected chi connectivity index (χ0v) is 23.4. The van der Waals surface area contributed by atoms with E-state index in [0.717, 1.165) is 12.8 Å². The van der Waals surface area contributed by atoms with Crippen molar-refractivity contribution in [2.45, 2.75) is 12.8 Å². The molecule has 0 spiro atoms. The number of hydrogen-bond acceptors (Lipinski definition) is 0. The molecule has 0 atom stereocenters. The van der Waals surface area contributed by atoms with Crippen LogP contribution in [0.3, 0.4) is 0 Å². The van der Waals surface area contributed by atoms with E-state index in [4.69, 9.17) is 0 Å². The minimum Gasteiger partial charge on any atom is -0.0836 e. The van der Waals surface area contributed by atoms with Gasteiger partial charge in [-0.2, -0.15) is 0 Å². The van der Waals surface area contributed by atoms with Crippen molar-refractivity contribution in [1.82, 2.24) is 0 Å². The summed E-state index contributed by atoms with van der Waals surface area (Å²) in [6.07, 6.45) is 6.84. The Morgan fingerprint density at radius 2 is 0.833 bits per heavy atom. The number of aryl methyl sites for hydroxylation is 1. The summed E-state index contributed by atoms with van der Waals surface area (Å²) in [5.41, 5.74) is 12.8. The lowest BCUT2D eigenvalue weighted by atomic mass is 9.85. The number of allylic oxidation sites excluding steroid dienone is 1. The fraction of sp³-hybridized carbons (Fsp3) is 0.0476.